The molecule has 0 heterocycles. The van der Waals surface area contributed by atoms with Crippen molar-refractivity contribution in [3.05, 3.63) is 12.7 Å². The summed E-state index contributed by atoms with van der Waals surface area (Å²) in [5.74, 6) is 0. The summed E-state index contributed by atoms with van der Waals surface area (Å²) in [4.78, 5) is 0. The van der Waals surface area contributed by atoms with E-state index in [0.717, 1.165) is 6.42 Å². The minimum atomic E-state index is -0.269. The van der Waals surface area contributed by atoms with E-state index in [1.165, 1.54) is 0 Å². The zero-order valence-corrected chi connectivity index (χ0v) is 6.30. The SMILES string of the molecule is C=C[C@@]1(C)CC1(CO)CO. The summed E-state index contributed by atoms with van der Waals surface area (Å²) in [5, 5.41) is 17.8. The van der Waals surface area contributed by atoms with Crippen LogP contribution in [-0.2, 0) is 0 Å². The van der Waals surface area contributed by atoms with Gasteiger partial charge in [-0.2, -0.15) is 0 Å². The van der Waals surface area contributed by atoms with E-state index < -0.39 is 0 Å². The van der Waals surface area contributed by atoms with E-state index in [0.29, 0.717) is 0 Å². The van der Waals surface area contributed by atoms with Crippen LogP contribution in [-0.4, -0.2) is 23.4 Å². The predicted molar refractivity (Wildman–Crippen MR) is 39.5 cm³/mol. The number of hydrogen-bond donors (Lipinski definition) is 2. The second kappa shape index (κ2) is 2.07. The molecule has 1 rings (SSSR count). The van der Waals surface area contributed by atoms with Crippen molar-refractivity contribution in [2.24, 2.45) is 10.8 Å². The maximum atomic E-state index is 8.92. The third-order valence-electron chi connectivity index (χ3n) is 2.85. The number of hydrogen-bond acceptors (Lipinski definition) is 2. The minimum absolute atomic E-state index is 0.0312. The second-order valence-electron chi connectivity index (χ2n) is 3.39. The van der Waals surface area contributed by atoms with Crippen LogP contribution < -0.4 is 0 Å². The Morgan fingerprint density at radius 2 is 2.00 bits per heavy atom. The van der Waals surface area contributed by atoms with Crippen LogP contribution in [0.1, 0.15) is 13.3 Å². The van der Waals surface area contributed by atoms with Crippen LogP contribution in [0.4, 0.5) is 0 Å². The lowest BCUT2D eigenvalue weighted by molar-refractivity contribution is 0.112. The van der Waals surface area contributed by atoms with E-state index in [2.05, 4.69) is 6.58 Å². The third-order valence-corrected chi connectivity index (χ3v) is 2.85. The molecule has 0 aliphatic heterocycles. The summed E-state index contributed by atoms with van der Waals surface area (Å²) in [6.07, 6.45) is 2.68. The van der Waals surface area contributed by atoms with E-state index in [4.69, 9.17) is 10.2 Å². The highest BCUT2D eigenvalue weighted by molar-refractivity contribution is 5.19. The maximum absolute atomic E-state index is 8.92. The van der Waals surface area contributed by atoms with Crippen molar-refractivity contribution in [1.82, 2.24) is 0 Å². The molecule has 58 valence electrons. The molecule has 10 heavy (non-hydrogen) atoms. The van der Waals surface area contributed by atoms with Gasteiger partial charge in [0, 0.05) is 5.41 Å². The zero-order valence-electron chi connectivity index (χ0n) is 6.30. The summed E-state index contributed by atoms with van der Waals surface area (Å²) >= 11 is 0. The van der Waals surface area contributed by atoms with Crippen LogP contribution in [0.15, 0.2) is 12.7 Å². The molecule has 0 spiro atoms. The van der Waals surface area contributed by atoms with Gasteiger partial charge in [-0.1, -0.05) is 13.0 Å². The first kappa shape index (κ1) is 7.76. The van der Waals surface area contributed by atoms with Gasteiger partial charge < -0.3 is 10.2 Å². The van der Waals surface area contributed by atoms with Crippen molar-refractivity contribution in [2.75, 3.05) is 13.2 Å². The Labute approximate surface area is 61.2 Å². The van der Waals surface area contributed by atoms with E-state index in [1.54, 1.807) is 0 Å². The molecule has 0 aromatic heterocycles. The van der Waals surface area contributed by atoms with Crippen LogP contribution in [0.2, 0.25) is 0 Å². The highest BCUT2D eigenvalue weighted by atomic mass is 16.3. The number of aliphatic hydroxyl groups excluding tert-OH is 2. The molecule has 0 bridgehead atoms. The van der Waals surface area contributed by atoms with Gasteiger partial charge in [-0.3, -0.25) is 0 Å². The lowest BCUT2D eigenvalue weighted by Crippen LogP contribution is -2.18. The van der Waals surface area contributed by atoms with E-state index in [9.17, 15) is 0 Å². The molecule has 2 N–H and O–H groups in total. The molecular formula is C8H14O2. The lowest BCUT2D eigenvalue weighted by atomic mass is 9.96. The summed E-state index contributed by atoms with van der Waals surface area (Å²) in [7, 11) is 0. The van der Waals surface area contributed by atoms with Gasteiger partial charge in [0.25, 0.3) is 0 Å². The Balaban J connectivity index is 2.68. The van der Waals surface area contributed by atoms with Gasteiger partial charge in [0.05, 0.1) is 13.2 Å². The smallest absolute Gasteiger partial charge is 0.0518 e. The monoisotopic (exact) mass is 142 g/mol. The number of rotatable bonds is 3. The predicted octanol–water partition coefficient (Wildman–Crippen LogP) is 0.553. The van der Waals surface area contributed by atoms with Crippen LogP contribution in [0.25, 0.3) is 0 Å². The van der Waals surface area contributed by atoms with Gasteiger partial charge in [-0.25, -0.2) is 0 Å². The Morgan fingerprint density at radius 1 is 1.50 bits per heavy atom. The Hall–Kier alpha value is -0.340. The van der Waals surface area contributed by atoms with Gasteiger partial charge >= 0.3 is 0 Å². The zero-order chi connectivity index (χ0) is 7.83. The van der Waals surface area contributed by atoms with Gasteiger partial charge in [0.2, 0.25) is 0 Å². The molecule has 0 amide bonds. The second-order valence-corrected chi connectivity index (χ2v) is 3.39. The summed E-state index contributed by atoms with van der Waals surface area (Å²) in [6.45, 7) is 5.79. The van der Waals surface area contributed by atoms with E-state index in [1.807, 2.05) is 13.0 Å². The number of aliphatic hydroxyl groups is 2. The van der Waals surface area contributed by atoms with Crippen molar-refractivity contribution in [1.29, 1.82) is 0 Å². The summed E-state index contributed by atoms with van der Waals surface area (Å²) in [5.41, 5.74) is -0.300. The first-order valence-corrected chi connectivity index (χ1v) is 3.49. The Morgan fingerprint density at radius 3 is 2.10 bits per heavy atom. The first-order valence-electron chi connectivity index (χ1n) is 3.49. The topological polar surface area (TPSA) is 40.5 Å². The highest BCUT2D eigenvalue weighted by Crippen LogP contribution is 2.63. The van der Waals surface area contributed by atoms with Crippen molar-refractivity contribution in [3.8, 4) is 0 Å². The number of allylic oxidation sites excluding steroid dienone is 1. The van der Waals surface area contributed by atoms with E-state index >= 15 is 0 Å². The average Bonchev–Trinajstić information content (AvgIpc) is 2.59. The van der Waals surface area contributed by atoms with Crippen molar-refractivity contribution >= 4 is 0 Å². The molecule has 0 unspecified atom stereocenters. The molecule has 1 aliphatic rings. The molecule has 0 aromatic carbocycles. The van der Waals surface area contributed by atoms with Gasteiger partial charge in [0.15, 0.2) is 0 Å². The summed E-state index contributed by atoms with van der Waals surface area (Å²) < 4.78 is 0. The average molecular weight is 142 g/mol. The van der Waals surface area contributed by atoms with Crippen LogP contribution >= 0.6 is 0 Å². The van der Waals surface area contributed by atoms with Gasteiger partial charge in [0.1, 0.15) is 0 Å². The molecule has 1 fully saturated rings. The molecule has 2 heteroatoms. The fourth-order valence-electron chi connectivity index (χ4n) is 1.47. The highest BCUT2D eigenvalue weighted by Gasteiger charge is 2.61. The van der Waals surface area contributed by atoms with Crippen LogP contribution in [0.5, 0.6) is 0 Å². The molecule has 2 nitrogen and oxygen atoms in total. The van der Waals surface area contributed by atoms with Crippen LogP contribution in [0.3, 0.4) is 0 Å². The molecule has 0 saturated heterocycles. The molecule has 1 atom stereocenters. The lowest BCUT2D eigenvalue weighted by Gasteiger charge is -2.13. The normalized spacial score (nSPS) is 35.5. The largest absolute Gasteiger partial charge is 0.396 e. The maximum Gasteiger partial charge on any atom is 0.0518 e. The molecule has 1 saturated carbocycles. The quantitative estimate of drug-likeness (QED) is 0.565. The van der Waals surface area contributed by atoms with Crippen LogP contribution in [0, 0.1) is 10.8 Å². The standard InChI is InChI=1S/C8H14O2/c1-3-7(2)4-8(7,5-9)6-10/h3,9-10H,1,4-6H2,2H3/t7-/m0/s1. The van der Waals surface area contributed by atoms with Crippen molar-refractivity contribution < 1.29 is 10.2 Å². The molecule has 1 aliphatic carbocycles. The molecule has 0 radical (unpaired) electrons. The third kappa shape index (κ3) is 0.724. The van der Waals surface area contributed by atoms with Gasteiger partial charge in [-0.05, 0) is 11.8 Å². The summed E-state index contributed by atoms with van der Waals surface area (Å²) in [6, 6.07) is 0. The fraction of sp³-hybridized carbons (Fsp3) is 0.750. The Kier molecular flexibility index (Phi) is 1.61. The molecular weight excluding hydrogens is 128 g/mol. The van der Waals surface area contributed by atoms with E-state index in [-0.39, 0.29) is 24.0 Å². The van der Waals surface area contributed by atoms with Gasteiger partial charge in [-0.15, -0.1) is 6.58 Å². The minimum Gasteiger partial charge on any atom is -0.396 e. The fourth-order valence-corrected chi connectivity index (χ4v) is 1.47. The Bertz CT molecular complexity index is 149. The van der Waals surface area contributed by atoms with Crippen molar-refractivity contribution in [3.63, 3.8) is 0 Å². The first-order chi connectivity index (χ1) is 4.64. The molecule has 0 aromatic rings. The van der Waals surface area contributed by atoms with Crippen molar-refractivity contribution in [2.45, 2.75) is 13.3 Å².